The molecule has 20 nitrogen and oxygen atoms in total. The number of methoxy groups -OCH3 is 5. The number of hydrogen-bond donors (Lipinski definition) is 0. The Labute approximate surface area is 617 Å². The lowest BCUT2D eigenvalue weighted by atomic mass is 10.0. The molecule has 0 atom stereocenters. The van der Waals surface area contributed by atoms with E-state index < -0.39 is 23.7 Å². The van der Waals surface area contributed by atoms with Crippen molar-refractivity contribution < 1.29 is 65.2 Å². The summed E-state index contributed by atoms with van der Waals surface area (Å²) in [6.07, 6.45) is -4.53. The summed E-state index contributed by atoms with van der Waals surface area (Å²) < 4.78 is 85.8. The molecule has 10 aromatic carbocycles. The molecule has 5 heterocycles. The van der Waals surface area contributed by atoms with Crippen LogP contribution < -0.4 is 0 Å². The lowest BCUT2D eigenvalue weighted by Crippen LogP contribution is -2.13. The van der Waals surface area contributed by atoms with Gasteiger partial charge in [0.1, 0.15) is 67.0 Å². The van der Waals surface area contributed by atoms with Crippen molar-refractivity contribution in [2.24, 2.45) is 0 Å². The monoisotopic (exact) mass is 1460 g/mol. The SMILES string of the molecule is COC(=O)Cn1nc(-c2cc(C)ccc2F)c2ccccc21.COC(=O)Cn1nc(-c2ccccc2)c2c(C(F)(F)F)cccc21.COC(=O)Cn1nc(-c2ccccc2)c2cc(C)ccc21.COC(=O)Cn1nc(-c2ccccc2)c2cccc(C)c21.COC(=O)Cn1nc(-c2ccccc2)c2ccccc21. The zero-order valence-corrected chi connectivity index (χ0v) is 60.2. The Morgan fingerprint density at radius 1 is 0.333 bits per heavy atom. The summed E-state index contributed by atoms with van der Waals surface area (Å²) in [6.45, 7) is 6.04. The van der Waals surface area contributed by atoms with Crippen LogP contribution in [0.5, 0.6) is 0 Å². The first-order valence-corrected chi connectivity index (χ1v) is 33.9. The molecule has 0 unspecified atom stereocenters. The van der Waals surface area contributed by atoms with E-state index in [0.29, 0.717) is 16.8 Å². The zero-order valence-electron chi connectivity index (χ0n) is 60.2. The van der Waals surface area contributed by atoms with Crippen LogP contribution in [0.25, 0.3) is 111 Å². The van der Waals surface area contributed by atoms with Crippen LogP contribution in [0.4, 0.5) is 17.6 Å². The van der Waals surface area contributed by atoms with Gasteiger partial charge in [0, 0.05) is 54.7 Å². The van der Waals surface area contributed by atoms with Gasteiger partial charge in [0.2, 0.25) is 0 Å². The molecule has 0 N–H and O–H groups in total. The highest BCUT2D eigenvalue weighted by Crippen LogP contribution is 2.40. The largest absolute Gasteiger partial charge is 0.468 e. The van der Waals surface area contributed by atoms with Gasteiger partial charge in [0.15, 0.2) is 0 Å². The number of fused-ring (bicyclic) bond motifs is 5. The van der Waals surface area contributed by atoms with Gasteiger partial charge in [0.05, 0.1) is 68.7 Å². The summed E-state index contributed by atoms with van der Waals surface area (Å²) in [5, 5.41) is 26.4. The molecule has 0 aliphatic carbocycles. The Morgan fingerprint density at radius 3 is 1.14 bits per heavy atom. The van der Waals surface area contributed by atoms with Crippen molar-refractivity contribution in [3.05, 3.63) is 271 Å². The van der Waals surface area contributed by atoms with Crippen LogP contribution >= 0.6 is 0 Å². The average molecular weight is 1460 g/mol. The second-order valence-electron chi connectivity index (χ2n) is 24.6. The van der Waals surface area contributed by atoms with Crippen molar-refractivity contribution in [1.29, 1.82) is 0 Å². The van der Waals surface area contributed by atoms with Crippen LogP contribution in [-0.2, 0) is 86.6 Å². The Morgan fingerprint density at radius 2 is 0.667 bits per heavy atom. The number of ether oxygens (including phenoxy) is 5. The van der Waals surface area contributed by atoms with Gasteiger partial charge < -0.3 is 23.7 Å². The molecule has 0 bridgehead atoms. The van der Waals surface area contributed by atoms with E-state index in [4.69, 9.17) is 14.2 Å². The van der Waals surface area contributed by atoms with Crippen molar-refractivity contribution in [3.63, 3.8) is 0 Å². The third-order valence-corrected chi connectivity index (χ3v) is 17.4. The topological polar surface area (TPSA) is 221 Å². The fraction of sp³-hybridized carbons (Fsp3) is 0.167. The molecule has 0 aliphatic heterocycles. The molecule has 0 fully saturated rings. The first kappa shape index (κ1) is 75.8. The van der Waals surface area contributed by atoms with Gasteiger partial charge in [0.25, 0.3) is 0 Å². The van der Waals surface area contributed by atoms with Gasteiger partial charge in [-0.1, -0.05) is 205 Å². The summed E-state index contributed by atoms with van der Waals surface area (Å²) >= 11 is 0. The highest BCUT2D eigenvalue weighted by molar-refractivity contribution is 5.99. The predicted octanol–water partition coefficient (Wildman–Crippen LogP) is 16.5. The number of carbonyl (C=O) groups is 5. The first-order chi connectivity index (χ1) is 52.2. The summed E-state index contributed by atoms with van der Waals surface area (Å²) in [4.78, 5) is 57.7. The number of aryl methyl sites for hydroxylation is 3. The van der Waals surface area contributed by atoms with Gasteiger partial charge in [-0.15, -0.1) is 0 Å². The Balaban J connectivity index is 0.000000134. The molecule has 5 aromatic heterocycles. The standard InChI is InChI=1S/C17H13F3N2O2.C17H15FN2O2.2C17H16N2O2.C16H14N2O2/c1-24-14(23)10-22-13-9-5-8-12(17(18,19)20)15(13)16(21-22)11-6-3-2-4-7-11;1-11-7-8-14(18)13(9-11)17-12-5-3-4-6-15(12)20(19-17)10-16(21)22-2;1-12-7-6-10-14-16(13-8-4-3-5-9-13)18-19(17(12)14)11-15(20)21-2;1-12-8-9-15-14(10-12)17(13-6-4-3-5-7-13)18-19(15)11-16(20)21-2;1-20-15(19)11-18-14-10-6-5-9-13(14)16(17-18)12-7-3-2-4-8-12/h2-9H,10H2,1H3;3-9H,10H2,1-2H3;2*3-10H,11H2,1-2H3;2-10H,11H2,1H3. The molecule has 15 rings (SSSR count). The van der Waals surface area contributed by atoms with E-state index in [1.54, 1.807) is 56.5 Å². The van der Waals surface area contributed by atoms with E-state index in [-0.39, 0.29) is 73.0 Å². The summed E-state index contributed by atoms with van der Waals surface area (Å²) in [7, 11) is 6.70. The van der Waals surface area contributed by atoms with Crippen molar-refractivity contribution in [3.8, 4) is 56.3 Å². The average Bonchev–Trinajstić information content (AvgIpc) is 1.61. The summed E-state index contributed by atoms with van der Waals surface area (Å²) in [6, 6.07) is 74.7. The number of benzene rings is 10. The molecular weight excluding hydrogens is 1380 g/mol. The molecule has 0 aliphatic rings. The van der Waals surface area contributed by atoms with Gasteiger partial charge in [-0.3, -0.25) is 47.4 Å². The molecule has 0 saturated carbocycles. The third-order valence-electron chi connectivity index (χ3n) is 17.4. The normalized spacial score (nSPS) is 11.0. The molecule has 548 valence electrons. The van der Waals surface area contributed by atoms with Gasteiger partial charge in [-0.05, 0) is 74.9 Å². The number of esters is 5. The first-order valence-electron chi connectivity index (χ1n) is 33.9. The van der Waals surface area contributed by atoms with E-state index in [1.165, 1.54) is 63.1 Å². The molecule has 0 spiro atoms. The lowest BCUT2D eigenvalue weighted by Gasteiger charge is -2.09. The van der Waals surface area contributed by atoms with Crippen LogP contribution in [-0.4, -0.2) is 114 Å². The fourth-order valence-corrected chi connectivity index (χ4v) is 12.2. The smallest absolute Gasteiger partial charge is 0.417 e. The Hall–Kier alpha value is -13.4. The molecule has 0 saturated heterocycles. The number of carbonyl (C=O) groups excluding carboxylic acids is 5. The van der Waals surface area contributed by atoms with Crippen LogP contribution in [0.2, 0.25) is 0 Å². The molecular formula is C84H74F4N10O10. The highest BCUT2D eigenvalue weighted by Gasteiger charge is 2.35. The number of hydrogen-bond acceptors (Lipinski definition) is 15. The summed E-state index contributed by atoms with van der Waals surface area (Å²) in [5.41, 5.74) is 13.7. The predicted molar refractivity (Wildman–Crippen MR) is 405 cm³/mol. The minimum absolute atomic E-state index is 0.00948. The number of aromatic nitrogens is 10. The van der Waals surface area contributed by atoms with Crippen LogP contribution in [0, 0.1) is 26.6 Å². The fourth-order valence-electron chi connectivity index (χ4n) is 12.2. The second-order valence-corrected chi connectivity index (χ2v) is 24.6. The van der Waals surface area contributed by atoms with E-state index >= 15 is 0 Å². The Kier molecular flexibility index (Phi) is 24.2. The van der Waals surface area contributed by atoms with Crippen LogP contribution in [0.3, 0.4) is 0 Å². The summed E-state index contributed by atoms with van der Waals surface area (Å²) in [5.74, 6) is -2.24. The van der Waals surface area contributed by atoms with Crippen LogP contribution in [0.1, 0.15) is 22.3 Å². The molecule has 24 heteroatoms. The number of rotatable bonds is 15. The third kappa shape index (κ3) is 17.5. The van der Waals surface area contributed by atoms with Crippen LogP contribution in [0.15, 0.2) is 243 Å². The maximum absolute atomic E-state index is 14.2. The number of nitrogens with zero attached hydrogens (tertiary/aromatic N) is 10. The van der Waals surface area contributed by atoms with Gasteiger partial charge in [-0.25, -0.2) is 4.39 Å². The number of alkyl halides is 3. The van der Waals surface area contributed by atoms with E-state index in [1.807, 2.05) is 191 Å². The molecule has 15 aromatic rings. The maximum Gasteiger partial charge on any atom is 0.417 e. The van der Waals surface area contributed by atoms with E-state index in [9.17, 15) is 41.5 Å². The minimum atomic E-state index is -4.53. The lowest BCUT2D eigenvalue weighted by molar-refractivity contribution is -0.142. The minimum Gasteiger partial charge on any atom is -0.468 e. The quantitative estimate of drug-likeness (QED) is 0.0529. The van der Waals surface area contributed by atoms with Crippen molar-refractivity contribution >= 4 is 84.4 Å². The van der Waals surface area contributed by atoms with Gasteiger partial charge >= 0.3 is 36.0 Å². The van der Waals surface area contributed by atoms with Crippen molar-refractivity contribution in [1.82, 2.24) is 48.9 Å². The van der Waals surface area contributed by atoms with Crippen molar-refractivity contribution in [2.45, 2.75) is 59.7 Å². The molecule has 0 amide bonds. The second kappa shape index (κ2) is 34.5. The zero-order chi connectivity index (χ0) is 76.6. The van der Waals surface area contributed by atoms with E-state index in [2.05, 4.69) is 41.0 Å². The maximum atomic E-state index is 14.2. The Bertz CT molecular complexity index is 5660. The van der Waals surface area contributed by atoms with Crippen molar-refractivity contribution in [2.75, 3.05) is 35.5 Å². The highest BCUT2D eigenvalue weighted by atomic mass is 19.4. The number of para-hydroxylation sites is 3. The molecule has 108 heavy (non-hydrogen) atoms. The number of halogens is 4. The van der Waals surface area contributed by atoms with Gasteiger partial charge in [-0.2, -0.15) is 38.7 Å². The van der Waals surface area contributed by atoms with E-state index in [0.717, 1.165) is 100 Å². The molecule has 0 radical (unpaired) electrons.